The normalized spacial score (nSPS) is 14.0. The van der Waals surface area contributed by atoms with Crippen LogP contribution in [0.4, 0.5) is 0 Å². The zero-order valence-corrected chi connectivity index (χ0v) is 22.1. The van der Waals surface area contributed by atoms with Crippen LogP contribution in [0, 0.1) is 27.7 Å². The first kappa shape index (κ1) is 25.6. The first-order valence-corrected chi connectivity index (χ1v) is 12.2. The molecule has 2 heterocycles. The van der Waals surface area contributed by atoms with Crippen LogP contribution in [0.25, 0.3) is 11.1 Å². The Balaban J connectivity index is 1.90. The third kappa shape index (κ3) is 4.78. The van der Waals surface area contributed by atoms with E-state index in [1.54, 1.807) is 18.3 Å². The number of carbonyl (C=O) groups is 2. The Labute approximate surface area is 212 Å². The average Bonchev–Trinajstić information content (AvgIpc) is 3.26. The number of hydrogen-bond donors (Lipinski definition) is 1. The van der Waals surface area contributed by atoms with Gasteiger partial charge in [-0.3, -0.25) is 9.78 Å². The van der Waals surface area contributed by atoms with Crippen LogP contribution in [0.1, 0.15) is 76.3 Å². The smallest absolute Gasteiger partial charge is 0.337 e. The summed E-state index contributed by atoms with van der Waals surface area (Å²) in [5, 5.41) is 10.3. The molecule has 6 nitrogen and oxygen atoms in total. The average molecular weight is 487 g/mol. The summed E-state index contributed by atoms with van der Waals surface area (Å²) in [6.45, 7) is 14.3. The minimum Gasteiger partial charge on any atom is -0.479 e. The molecule has 0 radical (unpaired) electrons. The number of aryl methyl sites for hydroxylation is 2. The summed E-state index contributed by atoms with van der Waals surface area (Å²) in [5.74, 6) is -1.10. The molecule has 4 rings (SSSR count). The van der Waals surface area contributed by atoms with Gasteiger partial charge in [0.25, 0.3) is 5.91 Å². The van der Waals surface area contributed by atoms with Crippen molar-refractivity contribution in [3.63, 3.8) is 0 Å². The van der Waals surface area contributed by atoms with Crippen LogP contribution in [0.2, 0.25) is 0 Å². The van der Waals surface area contributed by atoms with Gasteiger partial charge >= 0.3 is 5.97 Å². The fourth-order valence-electron chi connectivity index (χ4n) is 5.05. The van der Waals surface area contributed by atoms with Crippen LogP contribution in [0.5, 0.6) is 0 Å². The Morgan fingerprint density at radius 1 is 0.972 bits per heavy atom. The lowest BCUT2D eigenvalue weighted by Crippen LogP contribution is -2.28. The summed E-state index contributed by atoms with van der Waals surface area (Å²) in [6.07, 6.45) is 0.538. The van der Waals surface area contributed by atoms with E-state index in [9.17, 15) is 14.7 Å². The van der Waals surface area contributed by atoms with Crippen molar-refractivity contribution in [2.75, 3.05) is 0 Å². The van der Waals surface area contributed by atoms with Crippen LogP contribution < -0.4 is 0 Å². The van der Waals surface area contributed by atoms with Gasteiger partial charge in [0.2, 0.25) is 0 Å². The van der Waals surface area contributed by atoms with Crippen molar-refractivity contribution in [2.24, 2.45) is 0 Å². The highest BCUT2D eigenvalue weighted by atomic mass is 16.5. The fraction of sp³-hybridized carbons (Fsp3) is 0.367. The Bertz CT molecular complexity index is 1340. The van der Waals surface area contributed by atoms with Crippen LogP contribution in [-0.4, -0.2) is 32.5 Å². The topological polar surface area (TPSA) is 79.7 Å². The zero-order chi connectivity index (χ0) is 26.4. The molecule has 1 aliphatic rings. The van der Waals surface area contributed by atoms with Crippen molar-refractivity contribution in [3.05, 3.63) is 87.2 Å². The molecule has 1 aromatic heterocycles. The Morgan fingerprint density at radius 2 is 1.58 bits per heavy atom. The highest BCUT2D eigenvalue weighted by molar-refractivity contribution is 5.96. The molecule has 1 N–H and O–H groups in total. The summed E-state index contributed by atoms with van der Waals surface area (Å²) >= 11 is 0. The van der Waals surface area contributed by atoms with Gasteiger partial charge in [-0.15, -0.1) is 0 Å². The van der Waals surface area contributed by atoms with Gasteiger partial charge < -0.3 is 14.7 Å². The molecule has 1 amide bonds. The number of ether oxygens (including phenoxy) is 1. The lowest BCUT2D eigenvalue weighted by molar-refractivity contribution is -0.160. The summed E-state index contributed by atoms with van der Waals surface area (Å²) < 4.78 is 6.14. The fourth-order valence-corrected chi connectivity index (χ4v) is 5.05. The number of carbonyl (C=O) groups excluding carboxylic acids is 1. The van der Waals surface area contributed by atoms with E-state index in [1.165, 1.54) is 0 Å². The maximum Gasteiger partial charge on any atom is 0.337 e. The van der Waals surface area contributed by atoms with Gasteiger partial charge in [-0.1, -0.05) is 29.8 Å². The molecule has 3 aromatic rings. The molecule has 6 heteroatoms. The predicted molar refractivity (Wildman–Crippen MR) is 140 cm³/mol. The molecule has 188 valence electrons. The second kappa shape index (κ2) is 9.51. The van der Waals surface area contributed by atoms with Gasteiger partial charge in [-0.2, -0.15) is 0 Å². The molecule has 0 saturated carbocycles. The van der Waals surface area contributed by atoms with Gasteiger partial charge in [0.05, 0.1) is 11.2 Å². The van der Waals surface area contributed by atoms with Crippen molar-refractivity contribution < 1.29 is 19.4 Å². The molecule has 0 spiro atoms. The number of benzene rings is 2. The quantitative estimate of drug-likeness (QED) is 0.473. The van der Waals surface area contributed by atoms with E-state index >= 15 is 0 Å². The maximum atomic E-state index is 13.4. The number of aromatic nitrogens is 1. The van der Waals surface area contributed by atoms with Crippen molar-refractivity contribution >= 4 is 11.9 Å². The summed E-state index contributed by atoms with van der Waals surface area (Å²) in [6, 6.07) is 11.7. The lowest BCUT2D eigenvalue weighted by Gasteiger charge is -2.29. The van der Waals surface area contributed by atoms with Crippen LogP contribution >= 0.6 is 0 Å². The minimum atomic E-state index is -1.14. The number of fused-ring (bicyclic) bond motifs is 1. The predicted octanol–water partition coefficient (Wildman–Crippen LogP) is 6.08. The molecule has 1 aliphatic heterocycles. The summed E-state index contributed by atoms with van der Waals surface area (Å²) in [7, 11) is 0. The minimum absolute atomic E-state index is 0.0743. The molecule has 0 aliphatic carbocycles. The number of pyridine rings is 1. The number of aliphatic carboxylic acids is 1. The molecule has 36 heavy (non-hydrogen) atoms. The highest BCUT2D eigenvalue weighted by Gasteiger charge is 2.36. The third-order valence-electron chi connectivity index (χ3n) is 6.84. The second-order valence-electron chi connectivity index (χ2n) is 10.6. The number of amides is 1. The number of nitrogens with zero attached hydrogens (tertiary/aromatic N) is 2. The van der Waals surface area contributed by atoms with Crippen molar-refractivity contribution in [1.29, 1.82) is 0 Å². The number of carboxylic acid groups (broad SMARTS) is 1. The molecule has 0 saturated heterocycles. The van der Waals surface area contributed by atoms with Gasteiger partial charge in [-0.25, -0.2) is 4.79 Å². The van der Waals surface area contributed by atoms with E-state index in [0.29, 0.717) is 29.9 Å². The van der Waals surface area contributed by atoms with Crippen molar-refractivity contribution in [2.45, 2.75) is 73.3 Å². The van der Waals surface area contributed by atoms with Gasteiger partial charge in [-0.05, 0) is 94.0 Å². The van der Waals surface area contributed by atoms with E-state index < -0.39 is 17.7 Å². The number of rotatable bonds is 5. The largest absolute Gasteiger partial charge is 0.479 e. The Kier molecular flexibility index (Phi) is 6.76. The standard InChI is InChI=1S/C30H34N2O4/c1-17-10-12-21(13-11-17)25-18(2)23-15-32(28(33)22-9-8-14-31-20(22)4)16-24(23)19(3)26(25)27(29(34)35)36-30(5,6)7/h8-14,27H,15-16H2,1-7H3,(H,34,35)/t27-/m0/s1. The lowest BCUT2D eigenvalue weighted by atomic mass is 9.83. The Morgan fingerprint density at radius 3 is 2.14 bits per heavy atom. The zero-order valence-electron chi connectivity index (χ0n) is 22.1. The molecule has 0 fully saturated rings. The molecule has 0 bridgehead atoms. The molecule has 2 aromatic carbocycles. The van der Waals surface area contributed by atoms with Gasteiger partial charge in [0.15, 0.2) is 6.10 Å². The molecular formula is C30H34N2O4. The summed E-state index contributed by atoms with van der Waals surface area (Å²) in [4.78, 5) is 32.1. The molecule has 1 atom stereocenters. The highest BCUT2D eigenvalue weighted by Crippen LogP contribution is 2.44. The maximum absolute atomic E-state index is 13.4. The number of carboxylic acids is 1. The van der Waals surface area contributed by atoms with E-state index in [-0.39, 0.29) is 5.91 Å². The van der Waals surface area contributed by atoms with Gasteiger partial charge in [0.1, 0.15) is 0 Å². The number of hydrogen-bond acceptors (Lipinski definition) is 4. The van der Waals surface area contributed by atoms with Crippen LogP contribution in [0.15, 0.2) is 42.6 Å². The first-order valence-electron chi connectivity index (χ1n) is 12.2. The van der Waals surface area contributed by atoms with Gasteiger partial charge in [0, 0.05) is 30.5 Å². The van der Waals surface area contributed by atoms with E-state index in [4.69, 9.17) is 4.74 Å². The van der Waals surface area contributed by atoms with E-state index in [1.807, 2.05) is 77.6 Å². The monoisotopic (exact) mass is 486 g/mol. The summed E-state index contributed by atoms with van der Waals surface area (Å²) in [5.41, 5.74) is 8.12. The van der Waals surface area contributed by atoms with Crippen LogP contribution in [0.3, 0.4) is 0 Å². The molecule has 0 unspecified atom stereocenters. The SMILES string of the molecule is Cc1ccc(-c2c(C)c3c(c(C)c2[C@H](OC(C)(C)C)C(=O)O)CN(C(=O)c2cccnc2C)C3)cc1. The van der Waals surface area contributed by atoms with Crippen molar-refractivity contribution in [3.8, 4) is 11.1 Å². The van der Waals surface area contributed by atoms with E-state index in [2.05, 4.69) is 4.98 Å². The first-order chi connectivity index (χ1) is 16.9. The van der Waals surface area contributed by atoms with E-state index in [0.717, 1.165) is 38.9 Å². The Hall–Kier alpha value is -3.51. The second-order valence-corrected chi connectivity index (χ2v) is 10.6. The van der Waals surface area contributed by atoms with Crippen LogP contribution in [-0.2, 0) is 22.6 Å². The van der Waals surface area contributed by atoms with Crippen molar-refractivity contribution in [1.82, 2.24) is 9.88 Å². The third-order valence-corrected chi connectivity index (χ3v) is 6.84. The molecular weight excluding hydrogens is 452 g/mol.